The van der Waals surface area contributed by atoms with E-state index in [1.54, 1.807) is 29.2 Å². The van der Waals surface area contributed by atoms with Gasteiger partial charge in [-0.3, -0.25) is 10.6 Å². The first-order valence-electron chi connectivity index (χ1n) is 41.7. The van der Waals surface area contributed by atoms with Gasteiger partial charge in [-0.05, 0) is 266 Å². The molecule has 12 aromatic carbocycles. The van der Waals surface area contributed by atoms with Crippen molar-refractivity contribution < 1.29 is 9.90 Å². The summed E-state index contributed by atoms with van der Waals surface area (Å²) in [6.07, 6.45) is 10.2. The van der Waals surface area contributed by atoms with Gasteiger partial charge in [0.05, 0.1) is 22.1 Å². The number of allylic oxidation sites excluding steroid dienone is 2. The minimum Gasteiger partial charge on any atom is -0.397 e. The standard InChI is InChI=1S/C44H40N2.C17H22.C17H18.C12H8Br2.C10H18O.C6H8N2.C2H6O.ClH/c1-43(2,3)31-21-23-41-37(27-31)35-17-7-9-19-39(35)45(41)33-15-11-13-29(25-33)30-14-12-16-34(26-30)46-40-20-10-8-18-36(40)38-28-32(44(4,5)6)22-24-42(38)46;2*1-17(2,3)14-9-8-13-10-12-6-4-5-7-15(12)16(13)11-14;13-11-5-1-3-9(7-11)10-4-2-6-12(14)8-10;1-10(2,3)8-4-6-9(11)7-5-8;7-8-6-4-2-1-3-5-6;1-2-3;/h7-28H,1-6H3;4-7,14H,8-11H2,1-3H3;4-9,11H,10H2,1-3H3;1-8H;8H,4-7H2,1-3H3;1-5,8H,7H2;3H,2H2,1H3;1H. The zero-order valence-electron chi connectivity index (χ0n) is 71.8. The lowest BCUT2D eigenvalue weighted by Crippen LogP contribution is -2.25. The normalized spacial score (nSPS) is 14.4. The molecule has 117 heavy (non-hydrogen) atoms. The number of halogens is 3. The van der Waals surface area contributed by atoms with Crippen molar-refractivity contribution in [3.63, 3.8) is 0 Å². The van der Waals surface area contributed by atoms with E-state index in [4.69, 9.17) is 10.9 Å². The van der Waals surface area contributed by atoms with Gasteiger partial charge in [0, 0.05) is 67.0 Å². The van der Waals surface area contributed by atoms with E-state index >= 15 is 0 Å². The van der Waals surface area contributed by atoms with E-state index in [2.05, 4.69) is 375 Å². The van der Waals surface area contributed by atoms with Gasteiger partial charge in [-0.1, -0.05) is 323 Å². The molecule has 2 heterocycles. The number of nitrogens with one attached hydrogen (secondary N) is 1. The molecular weight excluding hydrogens is 1580 g/mol. The fourth-order valence-corrected chi connectivity index (χ4v) is 17.6. The Balaban J connectivity index is 0.000000155. The fraction of sp³-hybridized carbons (Fsp3) is 0.306. The molecule has 9 heteroatoms. The molecule has 0 aliphatic heterocycles. The average molecular weight is 1700 g/mol. The van der Waals surface area contributed by atoms with Gasteiger partial charge in [-0.25, -0.2) is 0 Å². The molecule has 0 spiro atoms. The largest absolute Gasteiger partial charge is 0.397 e. The molecule has 1 unspecified atom stereocenters. The van der Waals surface area contributed by atoms with E-state index in [-0.39, 0.29) is 35.3 Å². The number of rotatable bonds is 5. The lowest BCUT2D eigenvalue weighted by atomic mass is 9.70. The molecule has 4 aliphatic carbocycles. The first kappa shape index (κ1) is 88.4. The highest BCUT2D eigenvalue weighted by Gasteiger charge is 2.34. The summed E-state index contributed by atoms with van der Waals surface area (Å²) in [4.78, 5) is 10.9. The van der Waals surface area contributed by atoms with Crippen LogP contribution in [0.3, 0.4) is 0 Å². The molecule has 1 saturated carbocycles. The van der Waals surface area contributed by atoms with E-state index in [1.165, 1.54) is 142 Å². The molecule has 6 nitrogen and oxygen atoms in total. The van der Waals surface area contributed by atoms with Crippen molar-refractivity contribution in [1.82, 2.24) is 9.13 Å². The van der Waals surface area contributed by atoms with Crippen molar-refractivity contribution in [1.29, 1.82) is 0 Å². The molecule has 0 saturated heterocycles. The Morgan fingerprint density at radius 3 is 1.22 bits per heavy atom. The van der Waals surface area contributed by atoms with Crippen LogP contribution in [0.15, 0.2) is 294 Å². The van der Waals surface area contributed by atoms with Gasteiger partial charge in [0.15, 0.2) is 0 Å². The molecule has 1 atom stereocenters. The highest BCUT2D eigenvalue weighted by Crippen LogP contribution is 2.49. The van der Waals surface area contributed by atoms with Gasteiger partial charge < -0.3 is 19.7 Å². The zero-order valence-corrected chi connectivity index (χ0v) is 75.8. The molecule has 14 aromatic rings. The van der Waals surface area contributed by atoms with Crippen LogP contribution in [0.25, 0.3) is 93.9 Å². The minimum absolute atomic E-state index is 0. The number of ketones is 1. The molecular formula is C108H121Br2ClN4O2. The second kappa shape index (κ2) is 38.1. The van der Waals surface area contributed by atoms with Crippen molar-refractivity contribution >= 4 is 105 Å². The first-order chi connectivity index (χ1) is 55.3. The molecule has 4 aliphatic rings. The second-order valence-electron chi connectivity index (χ2n) is 37.0. The number of carbonyl (C=O) groups is 1. The van der Waals surface area contributed by atoms with Crippen molar-refractivity contribution in [2.45, 2.75) is 185 Å². The number of para-hydroxylation sites is 3. The number of aliphatic hydroxyl groups excluding tert-OH is 1. The number of anilines is 1. The number of fused-ring (bicyclic) bond motifs is 11. The summed E-state index contributed by atoms with van der Waals surface area (Å²) in [7, 11) is 0. The Kier molecular flexibility index (Phi) is 28.8. The summed E-state index contributed by atoms with van der Waals surface area (Å²) in [5.41, 5.74) is 33.3. The molecule has 2 aromatic heterocycles. The number of nitrogen functional groups attached to an aromatic ring is 1. The summed E-state index contributed by atoms with van der Waals surface area (Å²) >= 11 is 6.93. The fourth-order valence-electron chi connectivity index (χ4n) is 16.8. The van der Waals surface area contributed by atoms with Gasteiger partial charge in [-0.15, -0.1) is 12.4 Å². The van der Waals surface area contributed by atoms with Crippen molar-refractivity contribution in [2.75, 3.05) is 12.0 Å². The second-order valence-corrected chi connectivity index (χ2v) is 38.8. The number of hydrogen-bond acceptors (Lipinski definition) is 4. The molecule has 18 rings (SSSR count). The van der Waals surface area contributed by atoms with Crippen LogP contribution in [-0.2, 0) is 33.9 Å². The maximum atomic E-state index is 10.9. The Morgan fingerprint density at radius 2 is 0.769 bits per heavy atom. The van der Waals surface area contributed by atoms with Crippen molar-refractivity contribution in [3.8, 4) is 44.8 Å². The van der Waals surface area contributed by atoms with E-state index in [0.717, 1.165) is 58.6 Å². The summed E-state index contributed by atoms with van der Waals surface area (Å²) in [5, 5.41) is 12.8. The van der Waals surface area contributed by atoms with E-state index in [0.29, 0.717) is 16.6 Å². The predicted molar refractivity (Wildman–Crippen MR) is 513 cm³/mol. The van der Waals surface area contributed by atoms with E-state index < -0.39 is 0 Å². The lowest BCUT2D eigenvalue weighted by molar-refractivity contribution is -0.121. The van der Waals surface area contributed by atoms with Gasteiger partial charge in [0.2, 0.25) is 0 Å². The van der Waals surface area contributed by atoms with Crippen LogP contribution in [0.2, 0.25) is 0 Å². The lowest BCUT2D eigenvalue weighted by Gasteiger charge is -2.35. The number of hydrazine groups is 1. The molecule has 0 amide bonds. The number of aromatic nitrogens is 2. The highest BCUT2D eigenvalue weighted by molar-refractivity contribution is 9.10. The van der Waals surface area contributed by atoms with E-state index in [1.807, 2.05) is 54.6 Å². The number of hydrogen-bond donors (Lipinski definition) is 3. The highest BCUT2D eigenvalue weighted by atomic mass is 79.9. The number of benzene rings is 12. The van der Waals surface area contributed by atoms with Crippen LogP contribution in [0.1, 0.15) is 195 Å². The summed E-state index contributed by atoms with van der Waals surface area (Å²) in [5.74, 6) is 7.18. The Morgan fingerprint density at radius 1 is 0.385 bits per heavy atom. The molecule has 4 N–H and O–H groups in total. The van der Waals surface area contributed by atoms with Gasteiger partial charge in [-0.2, -0.15) is 0 Å². The Bertz CT molecular complexity index is 5560. The predicted octanol–water partition coefficient (Wildman–Crippen LogP) is 30.6. The Hall–Kier alpha value is -9.38. The first-order valence-corrected chi connectivity index (χ1v) is 43.3. The Labute approximate surface area is 721 Å². The summed E-state index contributed by atoms with van der Waals surface area (Å²) in [6.45, 7) is 36.5. The van der Waals surface area contributed by atoms with Gasteiger partial charge in [0.25, 0.3) is 0 Å². The number of Topliss-reactive ketones (excluding diaryl/α,β-unsaturated/α-hetero) is 1. The number of nitrogens with zero attached hydrogens (tertiary/aromatic N) is 2. The monoisotopic (exact) mass is 1700 g/mol. The van der Waals surface area contributed by atoms with Gasteiger partial charge in [0.1, 0.15) is 5.78 Å². The number of carbonyl (C=O) groups excluding carboxylic acids is 1. The third kappa shape index (κ3) is 21.6. The number of aliphatic hydroxyl groups is 1. The van der Waals surface area contributed by atoms with Crippen LogP contribution in [0, 0.1) is 22.7 Å². The third-order valence-electron chi connectivity index (χ3n) is 23.6. The summed E-state index contributed by atoms with van der Waals surface area (Å²) in [6, 6.07) is 100. The van der Waals surface area contributed by atoms with Crippen LogP contribution in [0.5, 0.6) is 0 Å². The third-order valence-corrected chi connectivity index (χ3v) is 24.6. The topological polar surface area (TPSA) is 85.2 Å². The van der Waals surface area contributed by atoms with Crippen LogP contribution in [0.4, 0.5) is 5.69 Å². The van der Waals surface area contributed by atoms with E-state index in [9.17, 15) is 4.79 Å². The molecule has 0 bridgehead atoms. The van der Waals surface area contributed by atoms with Crippen molar-refractivity contribution in [3.05, 3.63) is 333 Å². The van der Waals surface area contributed by atoms with Gasteiger partial charge >= 0.3 is 0 Å². The van der Waals surface area contributed by atoms with Crippen molar-refractivity contribution in [2.24, 2.45) is 28.5 Å². The number of nitrogens with two attached hydrogens (primary N) is 1. The SMILES string of the molecule is Brc1cccc(-c2cccc(Br)c2)c1.CC(C)(C)C1CCC(=O)CC1.CC(C)(C)C1CCC2=C(C1)c1ccccc1C2.CC(C)(C)c1ccc2c(c1)-c1ccccc1C2.CC(C)(C)c1ccc2c(c1)c1ccccc1n2-c1cccc(-c2cccc(-n3c4ccccc4c4cc(C(C)(C)C)ccc43)c2)c1.CCO.Cl.NNc1ccccc1. The maximum Gasteiger partial charge on any atom is 0.132 e. The molecule has 606 valence electrons. The smallest absolute Gasteiger partial charge is 0.132 e. The minimum atomic E-state index is 0. The molecule has 1 fully saturated rings. The molecule has 0 radical (unpaired) electrons. The van der Waals surface area contributed by atoms with Crippen LogP contribution < -0.4 is 11.3 Å². The maximum absolute atomic E-state index is 10.9. The van der Waals surface area contributed by atoms with Crippen LogP contribution in [-0.4, -0.2) is 26.6 Å². The quantitative estimate of drug-likeness (QED) is 0.118. The zero-order chi connectivity index (χ0) is 82.9. The van der Waals surface area contributed by atoms with Crippen LogP contribution >= 0.6 is 44.3 Å². The summed E-state index contributed by atoms with van der Waals surface area (Å²) < 4.78 is 7.05. The average Bonchev–Trinajstić information content (AvgIpc) is 1.59.